The molecule has 2 aromatic rings. The number of hydrogen-bond donors (Lipinski definition) is 2. The zero-order valence-electron chi connectivity index (χ0n) is 9.08. The van der Waals surface area contributed by atoms with Crippen molar-refractivity contribution in [1.82, 2.24) is 4.98 Å². The van der Waals surface area contributed by atoms with Crippen LogP contribution in [0.15, 0.2) is 46.1 Å². The summed E-state index contributed by atoms with van der Waals surface area (Å²) in [6.07, 6.45) is 1.70. The standard InChI is InChI=1S/C11H12N4OS/c16-7-5-12-9-1-3-10(4-2-9)14-15-11-13-6-8-17-11/h1-4,6,8,12,16H,5,7H2. The molecule has 0 saturated heterocycles. The van der Waals surface area contributed by atoms with Crippen LogP contribution in [0.25, 0.3) is 0 Å². The minimum absolute atomic E-state index is 0.117. The Balaban J connectivity index is 1.98. The Morgan fingerprint density at radius 2 is 2.06 bits per heavy atom. The lowest BCUT2D eigenvalue weighted by atomic mass is 10.3. The van der Waals surface area contributed by atoms with Crippen LogP contribution in [0.1, 0.15) is 0 Å². The van der Waals surface area contributed by atoms with Crippen LogP contribution in [0.5, 0.6) is 0 Å². The first-order chi connectivity index (χ1) is 8.38. The van der Waals surface area contributed by atoms with E-state index in [4.69, 9.17) is 5.11 Å². The summed E-state index contributed by atoms with van der Waals surface area (Å²) in [5, 5.41) is 22.3. The minimum Gasteiger partial charge on any atom is -0.395 e. The average Bonchev–Trinajstić information content (AvgIpc) is 2.88. The van der Waals surface area contributed by atoms with E-state index in [1.165, 1.54) is 11.3 Å². The number of anilines is 1. The highest BCUT2D eigenvalue weighted by Gasteiger charge is 1.94. The molecule has 0 atom stereocenters. The highest BCUT2D eigenvalue weighted by Crippen LogP contribution is 2.21. The summed E-state index contributed by atoms with van der Waals surface area (Å²) in [5.74, 6) is 0. The second kappa shape index (κ2) is 6.07. The maximum atomic E-state index is 8.67. The van der Waals surface area contributed by atoms with E-state index >= 15 is 0 Å². The van der Waals surface area contributed by atoms with Gasteiger partial charge in [0.1, 0.15) is 0 Å². The summed E-state index contributed by atoms with van der Waals surface area (Å²) in [7, 11) is 0. The highest BCUT2D eigenvalue weighted by molar-refractivity contribution is 7.13. The topological polar surface area (TPSA) is 69.9 Å². The van der Waals surface area contributed by atoms with Gasteiger partial charge in [-0.2, -0.15) is 0 Å². The van der Waals surface area contributed by atoms with Crippen molar-refractivity contribution >= 4 is 27.8 Å². The SMILES string of the molecule is OCCNc1ccc(N=Nc2nccs2)cc1. The lowest BCUT2D eigenvalue weighted by molar-refractivity contribution is 0.311. The number of hydrogen-bond acceptors (Lipinski definition) is 6. The van der Waals surface area contributed by atoms with Crippen LogP contribution in [-0.4, -0.2) is 23.2 Å². The van der Waals surface area contributed by atoms with Crippen molar-refractivity contribution in [2.24, 2.45) is 10.2 Å². The second-order valence-electron chi connectivity index (χ2n) is 3.21. The fourth-order valence-corrected chi connectivity index (χ4v) is 1.67. The van der Waals surface area contributed by atoms with Gasteiger partial charge in [0.05, 0.1) is 12.3 Å². The molecule has 17 heavy (non-hydrogen) atoms. The Hall–Kier alpha value is -1.79. The van der Waals surface area contributed by atoms with Gasteiger partial charge in [-0.15, -0.1) is 21.6 Å². The van der Waals surface area contributed by atoms with Crippen LogP contribution >= 0.6 is 11.3 Å². The van der Waals surface area contributed by atoms with Gasteiger partial charge in [0, 0.05) is 23.8 Å². The van der Waals surface area contributed by atoms with Crippen LogP contribution in [0.3, 0.4) is 0 Å². The van der Waals surface area contributed by atoms with Crippen LogP contribution in [0.2, 0.25) is 0 Å². The summed E-state index contributed by atoms with van der Waals surface area (Å²) in [5.41, 5.74) is 1.72. The van der Waals surface area contributed by atoms with Gasteiger partial charge in [-0.1, -0.05) is 0 Å². The van der Waals surface area contributed by atoms with Crippen molar-refractivity contribution in [2.75, 3.05) is 18.5 Å². The van der Waals surface area contributed by atoms with Crippen LogP contribution in [-0.2, 0) is 0 Å². The molecule has 0 unspecified atom stereocenters. The molecule has 0 amide bonds. The summed E-state index contributed by atoms with van der Waals surface area (Å²) in [6, 6.07) is 7.51. The van der Waals surface area contributed by atoms with E-state index in [2.05, 4.69) is 20.5 Å². The predicted molar refractivity (Wildman–Crippen MR) is 68.3 cm³/mol. The number of aliphatic hydroxyl groups excluding tert-OH is 1. The Bertz CT molecular complexity index is 467. The average molecular weight is 248 g/mol. The maximum absolute atomic E-state index is 8.67. The highest BCUT2D eigenvalue weighted by atomic mass is 32.1. The zero-order valence-corrected chi connectivity index (χ0v) is 9.89. The minimum atomic E-state index is 0.117. The Morgan fingerprint density at radius 3 is 2.71 bits per heavy atom. The van der Waals surface area contributed by atoms with Crippen molar-refractivity contribution < 1.29 is 5.11 Å². The first kappa shape index (κ1) is 11.7. The van der Waals surface area contributed by atoms with E-state index in [1.807, 2.05) is 29.6 Å². The number of azo groups is 1. The Kier molecular flexibility index (Phi) is 4.17. The van der Waals surface area contributed by atoms with Crippen LogP contribution in [0, 0.1) is 0 Å². The lowest BCUT2D eigenvalue weighted by Gasteiger charge is -2.03. The van der Waals surface area contributed by atoms with Crippen LogP contribution < -0.4 is 5.32 Å². The van der Waals surface area contributed by atoms with Gasteiger partial charge >= 0.3 is 0 Å². The van der Waals surface area contributed by atoms with Crippen molar-refractivity contribution in [3.63, 3.8) is 0 Å². The third-order valence-electron chi connectivity index (χ3n) is 1.98. The van der Waals surface area contributed by atoms with Gasteiger partial charge in [0.15, 0.2) is 0 Å². The quantitative estimate of drug-likeness (QED) is 0.799. The third-order valence-corrected chi connectivity index (χ3v) is 2.63. The molecular formula is C11H12N4OS. The maximum Gasteiger partial charge on any atom is 0.229 e. The van der Waals surface area contributed by atoms with Gasteiger partial charge in [-0.05, 0) is 24.3 Å². The van der Waals surface area contributed by atoms with E-state index in [1.54, 1.807) is 6.20 Å². The Labute approximate surface area is 103 Å². The molecule has 88 valence electrons. The second-order valence-corrected chi connectivity index (χ2v) is 4.08. The normalized spacial score (nSPS) is 10.9. The fraction of sp³-hybridized carbons (Fsp3) is 0.182. The van der Waals surface area contributed by atoms with E-state index in [0.717, 1.165) is 11.4 Å². The van der Waals surface area contributed by atoms with E-state index in [0.29, 0.717) is 11.7 Å². The van der Waals surface area contributed by atoms with E-state index in [9.17, 15) is 0 Å². The van der Waals surface area contributed by atoms with Gasteiger partial charge < -0.3 is 10.4 Å². The monoisotopic (exact) mass is 248 g/mol. The number of aliphatic hydroxyl groups is 1. The molecule has 1 heterocycles. The number of nitrogens with zero attached hydrogens (tertiary/aromatic N) is 3. The number of nitrogens with one attached hydrogen (secondary N) is 1. The summed E-state index contributed by atoms with van der Waals surface area (Å²) < 4.78 is 0. The molecule has 5 nitrogen and oxygen atoms in total. The molecule has 0 aliphatic heterocycles. The lowest BCUT2D eigenvalue weighted by Crippen LogP contribution is -2.04. The number of thiazole rings is 1. The van der Waals surface area contributed by atoms with Gasteiger partial charge in [-0.25, -0.2) is 4.98 Å². The molecule has 0 radical (unpaired) electrons. The Morgan fingerprint density at radius 1 is 1.24 bits per heavy atom. The molecule has 2 N–H and O–H groups in total. The van der Waals surface area contributed by atoms with Crippen molar-refractivity contribution in [1.29, 1.82) is 0 Å². The number of aromatic nitrogens is 1. The largest absolute Gasteiger partial charge is 0.395 e. The molecule has 1 aromatic carbocycles. The summed E-state index contributed by atoms with van der Waals surface area (Å²) in [6.45, 7) is 0.658. The van der Waals surface area contributed by atoms with Crippen molar-refractivity contribution in [2.45, 2.75) is 0 Å². The molecule has 6 heteroatoms. The molecule has 1 aromatic heterocycles. The van der Waals surface area contributed by atoms with Gasteiger partial charge in [-0.3, -0.25) is 0 Å². The summed E-state index contributed by atoms with van der Waals surface area (Å²) in [4.78, 5) is 4.01. The van der Waals surface area contributed by atoms with E-state index < -0.39 is 0 Å². The molecular weight excluding hydrogens is 236 g/mol. The first-order valence-corrected chi connectivity index (χ1v) is 6.02. The van der Waals surface area contributed by atoms with Gasteiger partial charge in [0.25, 0.3) is 0 Å². The van der Waals surface area contributed by atoms with E-state index in [-0.39, 0.29) is 6.61 Å². The summed E-state index contributed by atoms with van der Waals surface area (Å²) >= 11 is 1.44. The smallest absolute Gasteiger partial charge is 0.229 e. The van der Waals surface area contributed by atoms with Crippen molar-refractivity contribution in [3.05, 3.63) is 35.8 Å². The fourth-order valence-electron chi connectivity index (χ4n) is 1.21. The predicted octanol–water partition coefficient (Wildman–Crippen LogP) is 2.96. The third kappa shape index (κ3) is 3.61. The van der Waals surface area contributed by atoms with Crippen LogP contribution in [0.4, 0.5) is 16.5 Å². The molecule has 0 saturated carbocycles. The van der Waals surface area contributed by atoms with Gasteiger partial charge in [0.2, 0.25) is 5.13 Å². The molecule has 0 aliphatic carbocycles. The molecule has 0 fully saturated rings. The molecule has 0 aliphatic rings. The molecule has 0 bridgehead atoms. The number of benzene rings is 1. The first-order valence-electron chi connectivity index (χ1n) is 5.14. The number of rotatable bonds is 5. The van der Waals surface area contributed by atoms with Crippen molar-refractivity contribution in [3.8, 4) is 0 Å². The molecule has 2 rings (SSSR count). The zero-order chi connectivity index (χ0) is 11.9. The molecule has 0 spiro atoms.